The van der Waals surface area contributed by atoms with Gasteiger partial charge in [0.15, 0.2) is 0 Å². The van der Waals surface area contributed by atoms with E-state index in [9.17, 15) is 4.79 Å². The molecule has 0 N–H and O–H groups in total. The fourth-order valence-electron chi connectivity index (χ4n) is 9.48. The first-order chi connectivity index (χ1) is 15.6. The topological polar surface area (TPSA) is 26.3 Å². The van der Waals surface area contributed by atoms with Crippen LogP contribution in [0.1, 0.15) is 119 Å². The Hall–Kier alpha value is -0.790. The first kappa shape index (κ1) is 25.3. The Balaban J connectivity index is 1.46. The molecule has 4 aliphatic rings. The summed E-state index contributed by atoms with van der Waals surface area (Å²) in [6, 6.07) is 0. The lowest BCUT2D eigenvalue weighted by Gasteiger charge is -2.58. The first-order valence-electron chi connectivity index (χ1n) is 14.5. The second-order valence-corrected chi connectivity index (χ2v) is 13.4. The van der Waals surface area contributed by atoms with Crippen molar-refractivity contribution in [2.45, 2.75) is 125 Å². The fourth-order valence-corrected chi connectivity index (χ4v) is 9.48. The maximum absolute atomic E-state index is 11.5. The van der Waals surface area contributed by atoms with E-state index in [2.05, 4.69) is 47.6 Å². The molecule has 0 bridgehead atoms. The zero-order chi connectivity index (χ0) is 24.0. The van der Waals surface area contributed by atoms with Crippen LogP contribution >= 0.6 is 0 Å². The highest BCUT2D eigenvalue weighted by Crippen LogP contribution is 2.67. The summed E-state index contributed by atoms with van der Waals surface area (Å²) in [6.07, 6.45) is 17.3. The fraction of sp³-hybridized carbons (Fsp3) is 0.903. The zero-order valence-corrected chi connectivity index (χ0v) is 22.8. The van der Waals surface area contributed by atoms with E-state index in [0.717, 1.165) is 48.3 Å². The van der Waals surface area contributed by atoms with Gasteiger partial charge in [0.25, 0.3) is 0 Å². The summed E-state index contributed by atoms with van der Waals surface area (Å²) in [4.78, 5) is 11.5. The van der Waals surface area contributed by atoms with Crippen molar-refractivity contribution >= 4 is 5.97 Å². The average Bonchev–Trinajstić information content (AvgIpc) is 3.11. The summed E-state index contributed by atoms with van der Waals surface area (Å²) in [7, 11) is 0. The molecule has 0 heterocycles. The van der Waals surface area contributed by atoms with Crippen LogP contribution in [0.15, 0.2) is 11.6 Å². The second-order valence-electron chi connectivity index (χ2n) is 13.4. The highest BCUT2D eigenvalue weighted by Gasteiger charge is 2.58. The lowest BCUT2D eigenvalue weighted by atomic mass is 9.47. The van der Waals surface area contributed by atoms with E-state index in [1.807, 2.05) is 5.57 Å². The smallest absolute Gasteiger partial charge is 0.302 e. The third kappa shape index (κ3) is 4.58. The Kier molecular flexibility index (Phi) is 7.43. The maximum atomic E-state index is 11.5. The Morgan fingerprint density at radius 3 is 2.39 bits per heavy atom. The van der Waals surface area contributed by atoms with Gasteiger partial charge in [0, 0.05) is 6.92 Å². The van der Waals surface area contributed by atoms with Crippen molar-refractivity contribution in [3.8, 4) is 0 Å². The predicted molar refractivity (Wildman–Crippen MR) is 138 cm³/mol. The molecule has 0 aliphatic heterocycles. The Bertz CT molecular complexity index is 737. The molecule has 0 aromatic rings. The number of hydrogen-bond donors (Lipinski definition) is 0. The molecule has 33 heavy (non-hydrogen) atoms. The minimum atomic E-state index is -0.103. The quantitative estimate of drug-likeness (QED) is 0.283. The average molecular weight is 457 g/mol. The highest BCUT2D eigenvalue weighted by molar-refractivity contribution is 5.66. The number of rotatable bonds is 7. The Morgan fingerprint density at radius 2 is 1.73 bits per heavy atom. The normalized spacial score (nSPS) is 42.1. The van der Waals surface area contributed by atoms with E-state index < -0.39 is 0 Å². The lowest BCUT2D eigenvalue weighted by Crippen LogP contribution is -2.50. The minimum absolute atomic E-state index is 0.103. The van der Waals surface area contributed by atoms with E-state index in [1.54, 1.807) is 6.92 Å². The van der Waals surface area contributed by atoms with Crippen LogP contribution in [0.2, 0.25) is 0 Å². The second kappa shape index (κ2) is 9.69. The van der Waals surface area contributed by atoms with Crippen molar-refractivity contribution in [2.75, 3.05) is 0 Å². The summed E-state index contributed by atoms with van der Waals surface area (Å²) < 4.78 is 5.65. The first-order valence-corrected chi connectivity index (χ1v) is 14.5. The lowest BCUT2D eigenvalue weighted by molar-refractivity contribution is -0.152. The van der Waals surface area contributed by atoms with Crippen LogP contribution in [0.5, 0.6) is 0 Å². The van der Waals surface area contributed by atoms with E-state index >= 15 is 0 Å². The minimum Gasteiger partial charge on any atom is -0.463 e. The summed E-state index contributed by atoms with van der Waals surface area (Å²) in [5.41, 5.74) is 2.79. The van der Waals surface area contributed by atoms with Gasteiger partial charge >= 0.3 is 5.97 Å². The van der Waals surface area contributed by atoms with Gasteiger partial charge in [-0.15, -0.1) is 0 Å². The number of hydrogen-bond acceptors (Lipinski definition) is 2. The third-order valence-corrected chi connectivity index (χ3v) is 11.6. The molecule has 0 radical (unpaired) electrons. The Labute approximate surface area is 204 Å². The van der Waals surface area contributed by atoms with Crippen LogP contribution in [-0.2, 0) is 9.53 Å². The van der Waals surface area contributed by atoms with Gasteiger partial charge in [0.2, 0.25) is 0 Å². The number of ether oxygens (including phenoxy) is 1. The summed E-state index contributed by atoms with van der Waals surface area (Å²) in [6.45, 7) is 16.6. The third-order valence-electron chi connectivity index (χ3n) is 11.6. The molecule has 3 saturated carbocycles. The van der Waals surface area contributed by atoms with Crippen LogP contribution in [-0.4, -0.2) is 12.1 Å². The summed E-state index contributed by atoms with van der Waals surface area (Å²) >= 11 is 0. The number of carbonyl (C=O) groups excluding carboxylic acids is 1. The van der Waals surface area contributed by atoms with Gasteiger partial charge in [-0.2, -0.15) is 0 Å². The van der Waals surface area contributed by atoms with Gasteiger partial charge in [-0.25, -0.2) is 0 Å². The molecule has 4 aliphatic carbocycles. The van der Waals surface area contributed by atoms with Gasteiger partial charge < -0.3 is 4.74 Å². The maximum Gasteiger partial charge on any atom is 0.302 e. The molecule has 0 saturated heterocycles. The molecule has 8 unspecified atom stereocenters. The van der Waals surface area contributed by atoms with Crippen molar-refractivity contribution in [3.05, 3.63) is 11.6 Å². The number of allylic oxidation sites excluding steroid dienone is 2. The predicted octanol–water partition coefficient (Wildman–Crippen LogP) is 8.60. The molecule has 188 valence electrons. The standard InChI is InChI=1S/C31H52O2/c1-8-23(20(2)3)10-9-21(4)27-13-14-28-26-12-11-24-19-25(33-22(5)32)15-17-30(24,6)29(26)16-18-31(27,28)7/h12,20-21,23-25,27-29H,8-11,13-19H2,1-7H3/t21?,23?,24-,25?,27?,28?,29?,30?,31?/m0/s1. The summed E-state index contributed by atoms with van der Waals surface area (Å²) in [5.74, 6) is 5.65. The van der Waals surface area contributed by atoms with Gasteiger partial charge in [0.05, 0.1) is 0 Å². The number of fused-ring (bicyclic) bond motifs is 5. The van der Waals surface area contributed by atoms with Crippen molar-refractivity contribution in [1.29, 1.82) is 0 Å². The molecule has 0 amide bonds. The molecule has 3 fully saturated rings. The van der Waals surface area contributed by atoms with E-state index in [4.69, 9.17) is 4.74 Å². The van der Waals surface area contributed by atoms with E-state index in [0.29, 0.717) is 16.7 Å². The van der Waals surface area contributed by atoms with E-state index in [1.165, 1.54) is 57.8 Å². The SMILES string of the molecule is CCC(CCC(C)C1CCC2C3=CC[C@H]4CC(OC(C)=O)CCC4(C)C3CCC21C)C(C)C. The molecular weight excluding hydrogens is 404 g/mol. The van der Waals surface area contributed by atoms with Gasteiger partial charge in [0.1, 0.15) is 6.10 Å². The van der Waals surface area contributed by atoms with Crippen molar-refractivity contribution in [1.82, 2.24) is 0 Å². The molecule has 0 aromatic heterocycles. The molecular formula is C31H52O2. The van der Waals surface area contributed by atoms with Crippen LogP contribution < -0.4 is 0 Å². The van der Waals surface area contributed by atoms with Gasteiger partial charge in [-0.1, -0.05) is 66.0 Å². The van der Waals surface area contributed by atoms with Crippen LogP contribution in [0, 0.1) is 52.3 Å². The molecule has 0 aromatic carbocycles. The largest absolute Gasteiger partial charge is 0.463 e. The highest BCUT2D eigenvalue weighted by atomic mass is 16.5. The van der Waals surface area contributed by atoms with Gasteiger partial charge in [-0.05, 0) is 110 Å². The Morgan fingerprint density at radius 1 is 1.03 bits per heavy atom. The zero-order valence-electron chi connectivity index (χ0n) is 22.8. The number of carbonyl (C=O) groups is 1. The van der Waals surface area contributed by atoms with Crippen molar-refractivity contribution in [3.63, 3.8) is 0 Å². The summed E-state index contributed by atoms with van der Waals surface area (Å²) in [5, 5.41) is 0. The van der Waals surface area contributed by atoms with E-state index in [-0.39, 0.29) is 12.1 Å². The van der Waals surface area contributed by atoms with Crippen LogP contribution in [0.3, 0.4) is 0 Å². The molecule has 0 spiro atoms. The monoisotopic (exact) mass is 456 g/mol. The molecule has 2 nitrogen and oxygen atoms in total. The van der Waals surface area contributed by atoms with Crippen LogP contribution in [0.4, 0.5) is 0 Å². The molecule has 4 rings (SSSR count). The van der Waals surface area contributed by atoms with Crippen LogP contribution in [0.25, 0.3) is 0 Å². The molecule has 9 atom stereocenters. The van der Waals surface area contributed by atoms with Crippen molar-refractivity contribution in [2.24, 2.45) is 52.3 Å². The number of esters is 1. The molecule has 2 heteroatoms. The van der Waals surface area contributed by atoms with Gasteiger partial charge in [-0.3, -0.25) is 4.79 Å². The van der Waals surface area contributed by atoms with Crippen molar-refractivity contribution < 1.29 is 9.53 Å².